The number of sulfonamides is 1. The quantitative estimate of drug-likeness (QED) is 0.907. The Hall–Kier alpha value is -0.910. The second-order valence-corrected chi connectivity index (χ2v) is 8.04. The monoisotopic (exact) mass is 311 g/mol. The van der Waals surface area contributed by atoms with E-state index in [-0.39, 0.29) is 17.2 Å². The number of ether oxygens (including phenoxy) is 1. The summed E-state index contributed by atoms with van der Waals surface area (Å²) in [4.78, 5) is 0. The van der Waals surface area contributed by atoms with Gasteiger partial charge in [0.05, 0.1) is 11.9 Å². The molecule has 1 heterocycles. The summed E-state index contributed by atoms with van der Waals surface area (Å²) >= 11 is 0. The lowest BCUT2D eigenvalue weighted by Gasteiger charge is -2.32. The fourth-order valence-corrected chi connectivity index (χ4v) is 4.83. The molecule has 1 aliphatic heterocycles. The first kappa shape index (κ1) is 16.5. The molecule has 0 amide bonds. The molecule has 0 unspecified atom stereocenters. The molecule has 0 aromatic heterocycles. The zero-order chi connectivity index (χ0) is 15.5. The van der Waals surface area contributed by atoms with Gasteiger partial charge in [-0.2, -0.15) is 0 Å². The van der Waals surface area contributed by atoms with Gasteiger partial charge >= 0.3 is 0 Å². The first-order valence-electron chi connectivity index (χ1n) is 7.53. The molecule has 1 aromatic carbocycles. The van der Waals surface area contributed by atoms with Gasteiger partial charge in [0.25, 0.3) is 0 Å². The molecule has 1 fully saturated rings. The number of rotatable bonds is 5. The highest BCUT2D eigenvalue weighted by Crippen LogP contribution is 2.26. The topological polar surface area (TPSA) is 55.4 Å². The van der Waals surface area contributed by atoms with Gasteiger partial charge < -0.3 is 4.74 Å². The van der Waals surface area contributed by atoms with E-state index in [2.05, 4.69) is 23.8 Å². The molecule has 1 N–H and O–H groups in total. The van der Waals surface area contributed by atoms with Gasteiger partial charge in [-0.05, 0) is 44.7 Å². The van der Waals surface area contributed by atoms with E-state index in [0.29, 0.717) is 19.6 Å². The molecular formula is C16H25NO3S. The molecule has 0 radical (unpaired) electrons. The third-order valence-electron chi connectivity index (χ3n) is 3.95. The molecule has 1 saturated heterocycles. The van der Waals surface area contributed by atoms with Crippen molar-refractivity contribution in [3.63, 3.8) is 0 Å². The molecule has 2 atom stereocenters. The van der Waals surface area contributed by atoms with Crippen LogP contribution in [0.4, 0.5) is 0 Å². The second kappa shape index (κ2) is 6.90. The maximum atomic E-state index is 12.5. The largest absolute Gasteiger partial charge is 0.381 e. The van der Waals surface area contributed by atoms with Gasteiger partial charge in [-0.25, -0.2) is 13.1 Å². The summed E-state index contributed by atoms with van der Waals surface area (Å²) in [5.41, 5.74) is 2.41. The molecule has 0 spiro atoms. The molecule has 4 nitrogen and oxygen atoms in total. The van der Waals surface area contributed by atoms with Gasteiger partial charge in [0.2, 0.25) is 10.0 Å². The Kier molecular flexibility index (Phi) is 5.41. The van der Waals surface area contributed by atoms with Crippen LogP contribution >= 0.6 is 0 Å². The van der Waals surface area contributed by atoms with Crippen molar-refractivity contribution in [2.75, 3.05) is 13.2 Å². The summed E-state index contributed by atoms with van der Waals surface area (Å²) in [6, 6.07) is 8.07. The summed E-state index contributed by atoms with van der Waals surface area (Å²) in [5.74, 6) is 0.0103. The van der Waals surface area contributed by atoms with Crippen LogP contribution in [0.3, 0.4) is 0 Å². The van der Waals surface area contributed by atoms with Gasteiger partial charge in [-0.3, -0.25) is 0 Å². The fraction of sp³-hybridized carbons (Fsp3) is 0.625. The average molecular weight is 311 g/mol. The Bertz CT molecular complexity index is 569. The Morgan fingerprint density at radius 3 is 2.71 bits per heavy atom. The van der Waals surface area contributed by atoms with Crippen molar-refractivity contribution in [3.8, 4) is 0 Å². The van der Waals surface area contributed by atoms with E-state index in [4.69, 9.17) is 4.74 Å². The van der Waals surface area contributed by atoms with Gasteiger partial charge in [-0.15, -0.1) is 0 Å². The van der Waals surface area contributed by atoms with E-state index in [0.717, 1.165) is 6.42 Å². The number of benzene rings is 1. The SMILES string of the molecule is Cc1ccccc1C[C@@H]1COCC[C@@H]1S(=O)(=O)NC(C)C. The molecule has 21 heavy (non-hydrogen) atoms. The minimum atomic E-state index is -3.29. The number of nitrogens with one attached hydrogen (secondary N) is 1. The van der Waals surface area contributed by atoms with Crippen LogP contribution in [-0.2, 0) is 21.2 Å². The van der Waals surface area contributed by atoms with E-state index >= 15 is 0 Å². The zero-order valence-corrected chi connectivity index (χ0v) is 13.8. The van der Waals surface area contributed by atoms with Crippen LogP contribution in [0.5, 0.6) is 0 Å². The van der Waals surface area contributed by atoms with Gasteiger partial charge in [0.1, 0.15) is 0 Å². The van der Waals surface area contributed by atoms with Crippen molar-refractivity contribution in [2.24, 2.45) is 5.92 Å². The van der Waals surface area contributed by atoms with Crippen LogP contribution in [0.15, 0.2) is 24.3 Å². The average Bonchev–Trinajstić information content (AvgIpc) is 2.40. The molecule has 118 valence electrons. The maximum Gasteiger partial charge on any atom is 0.215 e. The van der Waals surface area contributed by atoms with E-state index in [1.165, 1.54) is 11.1 Å². The van der Waals surface area contributed by atoms with Crippen molar-refractivity contribution >= 4 is 10.0 Å². The van der Waals surface area contributed by atoms with Gasteiger partial charge in [0.15, 0.2) is 0 Å². The molecule has 5 heteroatoms. The van der Waals surface area contributed by atoms with Crippen molar-refractivity contribution in [2.45, 2.75) is 44.9 Å². The van der Waals surface area contributed by atoms with Crippen LogP contribution in [0, 0.1) is 12.8 Å². The summed E-state index contributed by atoms with van der Waals surface area (Å²) in [7, 11) is -3.29. The Morgan fingerprint density at radius 1 is 1.33 bits per heavy atom. The van der Waals surface area contributed by atoms with E-state index in [1.54, 1.807) is 0 Å². The van der Waals surface area contributed by atoms with Gasteiger partial charge in [-0.1, -0.05) is 24.3 Å². The van der Waals surface area contributed by atoms with Crippen molar-refractivity contribution in [1.29, 1.82) is 0 Å². The Labute approximate surface area is 127 Å². The molecule has 1 aliphatic rings. The van der Waals surface area contributed by atoms with E-state index < -0.39 is 10.0 Å². The summed E-state index contributed by atoms with van der Waals surface area (Å²) < 4.78 is 33.3. The predicted molar refractivity (Wildman–Crippen MR) is 84.8 cm³/mol. The van der Waals surface area contributed by atoms with Crippen LogP contribution in [-0.4, -0.2) is 32.9 Å². The summed E-state index contributed by atoms with van der Waals surface area (Å²) in [5, 5.41) is -0.367. The highest BCUT2D eigenvalue weighted by atomic mass is 32.2. The Balaban J connectivity index is 2.18. The van der Waals surface area contributed by atoms with Crippen molar-refractivity contribution < 1.29 is 13.2 Å². The highest BCUT2D eigenvalue weighted by molar-refractivity contribution is 7.90. The minimum Gasteiger partial charge on any atom is -0.381 e. The summed E-state index contributed by atoms with van der Waals surface area (Å²) in [6.07, 6.45) is 1.31. The third-order valence-corrected chi connectivity index (χ3v) is 6.16. The zero-order valence-electron chi connectivity index (χ0n) is 13.0. The first-order valence-corrected chi connectivity index (χ1v) is 9.08. The lowest BCUT2D eigenvalue weighted by Crippen LogP contribution is -2.46. The van der Waals surface area contributed by atoms with Crippen LogP contribution in [0.1, 0.15) is 31.4 Å². The maximum absolute atomic E-state index is 12.5. The highest BCUT2D eigenvalue weighted by Gasteiger charge is 2.36. The molecular weight excluding hydrogens is 286 g/mol. The second-order valence-electron chi connectivity index (χ2n) is 6.11. The Morgan fingerprint density at radius 2 is 2.05 bits per heavy atom. The van der Waals surface area contributed by atoms with Crippen LogP contribution in [0.2, 0.25) is 0 Å². The van der Waals surface area contributed by atoms with Crippen LogP contribution < -0.4 is 4.72 Å². The minimum absolute atomic E-state index is 0.0103. The molecule has 0 bridgehead atoms. The fourth-order valence-electron chi connectivity index (χ4n) is 2.91. The number of hydrogen-bond acceptors (Lipinski definition) is 3. The number of aryl methyl sites for hydroxylation is 1. The molecule has 1 aromatic rings. The van der Waals surface area contributed by atoms with Crippen molar-refractivity contribution in [3.05, 3.63) is 35.4 Å². The molecule has 0 aliphatic carbocycles. The smallest absolute Gasteiger partial charge is 0.215 e. The normalized spacial score (nSPS) is 23.4. The first-order chi connectivity index (χ1) is 9.90. The van der Waals surface area contributed by atoms with Crippen molar-refractivity contribution in [1.82, 2.24) is 4.72 Å². The molecule has 0 saturated carbocycles. The third kappa shape index (κ3) is 4.28. The van der Waals surface area contributed by atoms with Gasteiger partial charge in [0, 0.05) is 18.6 Å². The summed E-state index contributed by atoms with van der Waals surface area (Å²) in [6.45, 7) is 6.81. The van der Waals surface area contributed by atoms with E-state index in [9.17, 15) is 8.42 Å². The predicted octanol–water partition coefficient (Wildman–Crippen LogP) is 2.27. The standard InChI is InChI=1S/C16H25NO3S/c1-12(2)17-21(18,19)16-8-9-20-11-15(16)10-14-7-5-4-6-13(14)3/h4-7,12,15-17H,8-11H2,1-3H3/t15-,16+/m1/s1. The van der Waals surface area contributed by atoms with Crippen LogP contribution in [0.25, 0.3) is 0 Å². The van der Waals surface area contributed by atoms with E-state index in [1.807, 2.05) is 26.0 Å². The molecule has 2 rings (SSSR count). The lowest BCUT2D eigenvalue weighted by atomic mass is 9.91. The number of hydrogen-bond donors (Lipinski definition) is 1. The lowest BCUT2D eigenvalue weighted by molar-refractivity contribution is 0.0569.